The summed E-state index contributed by atoms with van der Waals surface area (Å²) in [5.74, 6) is 5.32. The van der Waals surface area contributed by atoms with Crippen LogP contribution in [0.1, 0.15) is 39.5 Å². The molecule has 0 aromatic rings. The zero-order valence-corrected chi connectivity index (χ0v) is 9.46. The molecule has 0 radical (unpaired) electrons. The average Bonchev–Trinajstić information content (AvgIpc) is 2.27. The van der Waals surface area contributed by atoms with Gasteiger partial charge in [-0.05, 0) is 5.22 Å². The molecule has 0 aromatic heterocycles. The van der Waals surface area contributed by atoms with E-state index >= 15 is 0 Å². The fourth-order valence-corrected chi connectivity index (χ4v) is 1.17. The van der Waals surface area contributed by atoms with E-state index in [0.717, 1.165) is 12.8 Å². The fraction of sp³-hybridized carbons (Fsp3) is 0.889. The molecule has 0 heterocycles. The lowest BCUT2D eigenvalue weighted by Gasteiger charge is -2.24. The molecule has 6 nitrogen and oxygen atoms in total. The van der Waals surface area contributed by atoms with Crippen LogP contribution in [0.5, 0.6) is 0 Å². The summed E-state index contributed by atoms with van der Waals surface area (Å²) in [5, 5.41) is 9.44. The number of rotatable bonds is 9. The summed E-state index contributed by atoms with van der Waals surface area (Å²) < 4.78 is 0. The predicted octanol–water partition coefficient (Wildman–Crippen LogP) is 2.78. The van der Waals surface area contributed by atoms with Crippen molar-refractivity contribution in [3.05, 3.63) is 5.48 Å². The van der Waals surface area contributed by atoms with Crippen molar-refractivity contribution >= 4 is 6.40 Å². The first-order valence-corrected chi connectivity index (χ1v) is 5.29. The molecule has 0 aliphatic carbocycles. The van der Waals surface area contributed by atoms with Gasteiger partial charge in [-0.25, -0.2) is 0 Å². The van der Waals surface area contributed by atoms with Crippen LogP contribution in [0.25, 0.3) is 5.48 Å². The van der Waals surface area contributed by atoms with E-state index in [1.165, 1.54) is 19.3 Å². The van der Waals surface area contributed by atoms with Crippen LogP contribution < -0.4 is 5.84 Å². The lowest BCUT2D eigenvalue weighted by atomic mass is 10.00. The van der Waals surface area contributed by atoms with Crippen LogP contribution in [-0.4, -0.2) is 12.9 Å². The van der Waals surface area contributed by atoms with Gasteiger partial charge in [-0.3, -0.25) is 0 Å². The SMILES string of the molecule is CCCCC(CC)C[N-]O/C=N/N=N/N. The van der Waals surface area contributed by atoms with Gasteiger partial charge in [0.25, 0.3) is 0 Å². The van der Waals surface area contributed by atoms with Crippen molar-refractivity contribution in [2.24, 2.45) is 27.3 Å². The maximum absolute atomic E-state index is 4.77. The average molecular weight is 214 g/mol. The van der Waals surface area contributed by atoms with Gasteiger partial charge in [-0.1, -0.05) is 50.7 Å². The summed E-state index contributed by atoms with van der Waals surface area (Å²) >= 11 is 0. The van der Waals surface area contributed by atoms with Crippen molar-refractivity contribution in [3.8, 4) is 0 Å². The number of nitrogens with two attached hydrogens (primary N) is 1. The quantitative estimate of drug-likeness (QED) is 0.160. The highest BCUT2D eigenvalue weighted by atomic mass is 16.6. The largest absolute Gasteiger partial charge is 0.578 e. The standard InChI is InChI=1S/C9H20N5O/c1-3-5-6-9(4-2)7-12-15-8-11-14-13-10/h8-9H,3-7H2,1-2H3,(H2,10,14)/q-1/b11-8+. The molecule has 0 rings (SSSR count). The minimum atomic E-state index is 0.592. The molecule has 0 saturated heterocycles. The number of hydrogen-bond acceptors (Lipinski definition) is 3. The van der Waals surface area contributed by atoms with Gasteiger partial charge in [0, 0.05) is 0 Å². The molecular weight excluding hydrogens is 194 g/mol. The Hall–Kier alpha value is -1.17. The van der Waals surface area contributed by atoms with E-state index in [2.05, 4.69) is 34.9 Å². The van der Waals surface area contributed by atoms with Crippen molar-refractivity contribution < 1.29 is 4.84 Å². The fourth-order valence-electron chi connectivity index (χ4n) is 1.17. The van der Waals surface area contributed by atoms with E-state index in [0.29, 0.717) is 12.5 Å². The van der Waals surface area contributed by atoms with Gasteiger partial charge in [0.1, 0.15) is 0 Å². The van der Waals surface area contributed by atoms with Crippen molar-refractivity contribution in [1.82, 2.24) is 0 Å². The van der Waals surface area contributed by atoms with Gasteiger partial charge in [0.05, 0.1) is 0 Å². The molecular formula is C9H20N5O-. The maximum Gasteiger partial charge on any atom is 0.181 e. The molecule has 0 aliphatic rings. The second-order valence-electron chi connectivity index (χ2n) is 3.26. The van der Waals surface area contributed by atoms with E-state index in [1.54, 1.807) is 0 Å². The number of unbranched alkanes of at least 4 members (excludes halogenated alkanes) is 1. The minimum Gasteiger partial charge on any atom is -0.578 e. The van der Waals surface area contributed by atoms with Crippen molar-refractivity contribution in [2.75, 3.05) is 6.54 Å². The lowest BCUT2D eigenvalue weighted by Crippen LogP contribution is -2.04. The number of nitrogens with zero attached hydrogens (tertiary/aromatic N) is 4. The number of hydrogen-bond donors (Lipinski definition) is 1. The van der Waals surface area contributed by atoms with Crippen LogP contribution in [0, 0.1) is 5.92 Å². The summed E-state index contributed by atoms with van der Waals surface area (Å²) in [4.78, 5) is 4.77. The molecule has 0 bridgehead atoms. The van der Waals surface area contributed by atoms with Crippen LogP contribution in [0.3, 0.4) is 0 Å². The molecule has 1 unspecified atom stereocenters. The van der Waals surface area contributed by atoms with E-state index in [9.17, 15) is 0 Å². The molecule has 0 fully saturated rings. The molecule has 0 aromatic carbocycles. The predicted molar refractivity (Wildman–Crippen MR) is 60.2 cm³/mol. The smallest absolute Gasteiger partial charge is 0.181 e. The third-order valence-corrected chi connectivity index (χ3v) is 2.15. The monoisotopic (exact) mass is 214 g/mol. The Bertz CT molecular complexity index is 183. The number of hydroxylamine groups is 1. The maximum atomic E-state index is 4.77. The van der Waals surface area contributed by atoms with Crippen LogP contribution in [-0.2, 0) is 4.84 Å². The zero-order chi connectivity index (χ0) is 11.4. The summed E-state index contributed by atoms with van der Waals surface area (Å²) in [7, 11) is 0. The Balaban J connectivity index is 3.45. The summed E-state index contributed by atoms with van der Waals surface area (Å²) in [6, 6.07) is 0. The van der Waals surface area contributed by atoms with Crippen molar-refractivity contribution in [3.63, 3.8) is 0 Å². The van der Waals surface area contributed by atoms with Gasteiger partial charge in [-0.2, -0.15) is 0 Å². The second kappa shape index (κ2) is 10.9. The van der Waals surface area contributed by atoms with Crippen molar-refractivity contribution in [2.45, 2.75) is 39.5 Å². The van der Waals surface area contributed by atoms with E-state index in [1.807, 2.05) is 0 Å². The Morgan fingerprint density at radius 2 is 2.27 bits per heavy atom. The van der Waals surface area contributed by atoms with Gasteiger partial charge in [0.15, 0.2) is 6.40 Å². The molecule has 0 spiro atoms. The molecule has 88 valence electrons. The Morgan fingerprint density at radius 1 is 1.47 bits per heavy atom. The minimum absolute atomic E-state index is 0.592. The van der Waals surface area contributed by atoms with Crippen molar-refractivity contribution in [1.29, 1.82) is 0 Å². The molecule has 15 heavy (non-hydrogen) atoms. The van der Waals surface area contributed by atoms with Gasteiger partial charge in [0.2, 0.25) is 0 Å². The molecule has 0 saturated carbocycles. The third kappa shape index (κ3) is 9.14. The Labute approximate surface area is 90.9 Å². The molecule has 0 aliphatic heterocycles. The third-order valence-electron chi connectivity index (χ3n) is 2.15. The molecule has 1 atom stereocenters. The lowest BCUT2D eigenvalue weighted by molar-refractivity contribution is 0.373. The van der Waals surface area contributed by atoms with Gasteiger partial charge in [-0.15, -0.1) is 11.6 Å². The topological polar surface area (TPSA) is 86.4 Å². The first kappa shape index (κ1) is 13.8. The van der Waals surface area contributed by atoms with Crippen LogP contribution in [0.2, 0.25) is 0 Å². The normalized spacial score (nSPS) is 13.7. The Morgan fingerprint density at radius 3 is 2.87 bits per heavy atom. The highest BCUT2D eigenvalue weighted by Gasteiger charge is 1.99. The highest BCUT2D eigenvalue weighted by Crippen LogP contribution is 2.14. The molecule has 0 amide bonds. The van der Waals surface area contributed by atoms with E-state index in [-0.39, 0.29) is 0 Å². The van der Waals surface area contributed by atoms with E-state index < -0.39 is 0 Å². The molecule has 6 heteroatoms. The zero-order valence-electron chi connectivity index (χ0n) is 9.46. The van der Waals surface area contributed by atoms with Crippen LogP contribution >= 0.6 is 0 Å². The first-order chi connectivity index (χ1) is 7.35. The van der Waals surface area contributed by atoms with E-state index in [4.69, 9.17) is 10.7 Å². The van der Waals surface area contributed by atoms with Gasteiger partial charge >= 0.3 is 0 Å². The second-order valence-corrected chi connectivity index (χ2v) is 3.26. The summed E-state index contributed by atoms with van der Waals surface area (Å²) in [5.41, 5.74) is 3.88. The highest BCUT2D eigenvalue weighted by molar-refractivity contribution is 5.46. The molecule has 2 N–H and O–H groups in total. The van der Waals surface area contributed by atoms with Crippen LogP contribution in [0.4, 0.5) is 0 Å². The summed E-state index contributed by atoms with van der Waals surface area (Å²) in [6.07, 6.45) is 5.88. The Kier molecular flexibility index (Phi) is 10.1. The first-order valence-electron chi connectivity index (χ1n) is 5.29. The summed E-state index contributed by atoms with van der Waals surface area (Å²) in [6.45, 7) is 5.04. The van der Waals surface area contributed by atoms with Gasteiger partial charge < -0.3 is 16.2 Å². The van der Waals surface area contributed by atoms with Crippen LogP contribution in [0.15, 0.2) is 15.5 Å².